The molecule has 1 saturated heterocycles. The first-order chi connectivity index (χ1) is 6.27. The van der Waals surface area contributed by atoms with Crippen molar-refractivity contribution in [2.45, 2.75) is 32.1 Å². The Morgan fingerprint density at radius 3 is 3.00 bits per heavy atom. The first kappa shape index (κ1) is 9.26. The van der Waals surface area contributed by atoms with Gasteiger partial charge in [-0.2, -0.15) is 0 Å². The van der Waals surface area contributed by atoms with E-state index in [1.54, 1.807) is 0 Å². The molecule has 2 aliphatic rings. The van der Waals surface area contributed by atoms with Crippen molar-refractivity contribution in [1.29, 1.82) is 0 Å². The van der Waals surface area contributed by atoms with E-state index >= 15 is 0 Å². The van der Waals surface area contributed by atoms with E-state index in [2.05, 4.69) is 24.6 Å². The third-order valence-electron chi connectivity index (χ3n) is 4.16. The monoisotopic (exact) mass is 179 g/mol. The molecule has 1 nitrogen and oxygen atoms in total. The SMILES string of the molecule is C=C[C@@]12CCCCC1CN(C)CC2. The van der Waals surface area contributed by atoms with Crippen molar-refractivity contribution < 1.29 is 0 Å². The highest BCUT2D eigenvalue weighted by atomic mass is 15.1. The summed E-state index contributed by atoms with van der Waals surface area (Å²) >= 11 is 0. The van der Waals surface area contributed by atoms with Gasteiger partial charge in [-0.15, -0.1) is 6.58 Å². The quantitative estimate of drug-likeness (QED) is 0.559. The largest absolute Gasteiger partial charge is 0.306 e. The van der Waals surface area contributed by atoms with Crippen LogP contribution in [-0.2, 0) is 0 Å². The first-order valence-corrected chi connectivity index (χ1v) is 5.59. The maximum Gasteiger partial charge on any atom is 0.00149 e. The number of piperidine rings is 1. The molecule has 2 atom stereocenters. The van der Waals surface area contributed by atoms with Crippen molar-refractivity contribution in [3.8, 4) is 0 Å². The lowest BCUT2D eigenvalue weighted by Gasteiger charge is -2.48. The molecule has 2 fully saturated rings. The Morgan fingerprint density at radius 1 is 1.38 bits per heavy atom. The number of hydrogen-bond donors (Lipinski definition) is 0. The summed E-state index contributed by atoms with van der Waals surface area (Å²) < 4.78 is 0. The Hall–Kier alpha value is -0.300. The maximum absolute atomic E-state index is 4.07. The van der Waals surface area contributed by atoms with Gasteiger partial charge in [0, 0.05) is 6.54 Å². The van der Waals surface area contributed by atoms with Crippen LogP contribution in [0.3, 0.4) is 0 Å². The predicted octanol–water partition coefficient (Wildman–Crippen LogP) is 2.68. The van der Waals surface area contributed by atoms with Gasteiger partial charge in [-0.25, -0.2) is 0 Å². The van der Waals surface area contributed by atoms with Crippen molar-refractivity contribution in [2.24, 2.45) is 11.3 Å². The molecule has 0 amide bonds. The fourth-order valence-electron chi connectivity index (χ4n) is 3.18. The van der Waals surface area contributed by atoms with E-state index in [1.165, 1.54) is 45.2 Å². The summed E-state index contributed by atoms with van der Waals surface area (Å²) in [6.07, 6.45) is 9.30. The third-order valence-corrected chi connectivity index (χ3v) is 4.16. The van der Waals surface area contributed by atoms with Crippen LogP contribution in [0.4, 0.5) is 0 Å². The zero-order chi connectivity index (χ0) is 9.31. The lowest BCUT2D eigenvalue weighted by Crippen LogP contribution is -2.46. The molecule has 0 radical (unpaired) electrons. The minimum atomic E-state index is 0.519. The van der Waals surface area contributed by atoms with E-state index in [0.29, 0.717) is 5.41 Å². The number of fused-ring (bicyclic) bond motifs is 1. The molecule has 1 saturated carbocycles. The highest BCUT2D eigenvalue weighted by molar-refractivity contribution is 5.04. The van der Waals surface area contributed by atoms with Gasteiger partial charge in [0.2, 0.25) is 0 Å². The molecule has 1 heteroatoms. The Balaban J connectivity index is 2.14. The Kier molecular flexibility index (Phi) is 2.46. The van der Waals surface area contributed by atoms with Gasteiger partial charge in [-0.05, 0) is 44.2 Å². The summed E-state index contributed by atoms with van der Waals surface area (Å²) in [6.45, 7) is 6.63. The predicted molar refractivity (Wildman–Crippen MR) is 56.7 cm³/mol. The van der Waals surface area contributed by atoms with Crippen LogP contribution in [0, 0.1) is 11.3 Å². The zero-order valence-electron chi connectivity index (χ0n) is 8.76. The standard InChI is InChI=1S/C12H21N/c1-3-12-7-5-4-6-11(12)10-13(2)9-8-12/h3,11H,1,4-10H2,2H3/t11?,12-/m0/s1. The van der Waals surface area contributed by atoms with Gasteiger partial charge in [-0.1, -0.05) is 18.9 Å². The number of nitrogens with zero attached hydrogens (tertiary/aromatic N) is 1. The fourth-order valence-corrected chi connectivity index (χ4v) is 3.18. The van der Waals surface area contributed by atoms with E-state index in [1.807, 2.05) is 0 Å². The van der Waals surface area contributed by atoms with Crippen molar-refractivity contribution in [2.75, 3.05) is 20.1 Å². The van der Waals surface area contributed by atoms with E-state index in [4.69, 9.17) is 0 Å². The summed E-state index contributed by atoms with van der Waals surface area (Å²) in [4.78, 5) is 2.48. The minimum Gasteiger partial charge on any atom is -0.306 e. The third kappa shape index (κ3) is 1.54. The second kappa shape index (κ2) is 3.45. The van der Waals surface area contributed by atoms with Crippen LogP contribution in [0.2, 0.25) is 0 Å². The summed E-state index contributed by atoms with van der Waals surface area (Å²) in [6, 6.07) is 0. The minimum absolute atomic E-state index is 0.519. The average Bonchev–Trinajstić information content (AvgIpc) is 2.18. The summed E-state index contributed by atoms with van der Waals surface area (Å²) in [5.41, 5.74) is 0.519. The molecule has 0 aromatic rings. The smallest absolute Gasteiger partial charge is 0.00149 e. The Bertz CT molecular complexity index is 199. The van der Waals surface area contributed by atoms with Crippen LogP contribution in [0.5, 0.6) is 0 Å². The number of rotatable bonds is 1. The van der Waals surface area contributed by atoms with E-state index in [-0.39, 0.29) is 0 Å². The molecule has 0 N–H and O–H groups in total. The van der Waals surface area contributed by atoms with E-state index in [0.717, 1.165) is 5.92 Å². The van der Waals surface area contributed by atoms with Crippen LogP contribution >= 0.6 is 0 Å². The molecule has 2 rings (SSSR count). The molecule has 1 unspecified atom stereocenters. The van der Waals surface area contributed by atoms with Crippen LogP contribution in [0.25, 0.3) is 0 Å². The molecular weight excluding hydrogens is 158 g/mol. The lowest BCUT2D eigenvalue weighted by atomic mass is 9.62. The molecule has 0 spiro atoms. The molecule has 0 aromatic heterocycles. The normalized spacial score (nSPS) is 41.2. The summed E-state index contributed by atoms with van der Waals surface area (Å²) in [7, 11) is 2.25. The van der Waals surface area contributed by atoms with Gasteiger partial charge >= 0.3 is 0 Å². The van der Waals surface area contributed by atoms with Gasteiger partial charge < -0.3 is 4.90 Å². The van der Waals surface area contributed by atoms with Gasteiger partial charge in [0.25, 0.3) is 0 Å². The Labute approximate surface area is 81.8 Å². The van der Waals surface area contributed by atoms with Gasteiger partial charge in [0.1, 0.15) is 0 Å². The lowest BCUT2D eigenvalue weighted by molar-refractivity contribution is 0.0475. The summed E-state index contributed by atoms with van der Waals surface area (Å²) in [5, 5.41) is 0. The molecule has 74 valence electrons. The topological polar surface area (TPSA) is 3.24 Å². The second-order valence-corrected chi connectivity index (χ2v) is 4.89. The van der Waals surface area contributed by atoms with E-state index in [9.17, 15) is 0 Å². The van der Waals surface area contributed by atoms with Crippen LogP contribution in [0.15, 0.2) is 12.7 Å². The number of hydrogen-bond acceptors (Lipinski definition) is 1. The first-order valence-electron chi connectivity index (χ1n) is 5.59. The molecular formula is C12H21N. The van der Waals surface area contributed by atoms with Gasteiger partial charge in [0.15, 0.2) is 0 Å². The van der Waals surface area contributed by atoms with Crippen LogP contribution in [0.1, 0.15) is 32.1 Å². The molecule has 1 aliphatic heterocycles. The summed E-state index contributed by atoms with van der Waals surface area (Å²) in [5.74, 6) is 0.900. The van der Waals surface area contributed by atoms with Crippen LogP contribution < -0.4 is 0 Å². The number of allylic oxidation sites excluding steroid dienone is 1. The van der Waals surface area contributed by atoms with Crippen molar-refractivity contribution >= 4 is 0 Å². The average molecular weight is 179 g/mol. The maximum atomic E-state index is 4.07. The molecule has 13 heavy (non-hydrogen) atoms. The molecule has 1 aliphatic carbocycles. The van der Waals surface area contributed by atoms with Gasteiger partial charge in [-0.3, -0.25) is 0 Å². The highest BCUT2D eigenvalue weighted by Crippen LogP contribution is 2.47. The Morgan fingerprint density at radius 2 is 2.23 bits per heavy atom. The van der Waals surface area contributed by atoms with Crippen molar-refractivity contribution in [1.82, 2.24) is 4.90 Å². The highest BCUT2D eigenvalue weighted by Gasteiger charge is 2.40. The van der Waals surface area contributed by atoms with Crippen molar-refractivity contribution in [3.63, 3.8) is 0 Å². The molecule has 0 bridgehead atoms. The fraction of sp³-hybridized carbons (Fsp3) is 0.833. The van der Waals surface area contributed by atoms with Crippen LogP contribution in [-0.4, -0.2) is 25.0 Å². The van der Waals surface area contributed by atoms with E-state index < -0.39 is 0 Å². The molecule has 0 aromatic carbocycles. The zero-order valence-corrected chi connectivity index (χ0v) is 8.76. The van der Waals surface area contributed by atoms with Crippen molar-refractivity contribution in [3.05, 3.63) is 12.7 Å². The molecule has 1 heterocycles. The second-order valence-electron chi connectivity index (χ2n) is 4.89. The number of likely N-dealkylation sites (tertiary alicyclic amines) is 1. The van der Waals surface area contributed by atoms with Gasteiger partial charge in [0.05, 0.1) is 0 Å².